The Morgan fingerprint density at radius 3 is 2.38 bits per heavy atom. The highest BCUT2D eigenvalue weighted by Gasteiger charge is 2.27. The van der Waals surface area contributed by atoms with E-state index in [-0.39, 0.29) is 17.9 Å². The Balaban J connectivity index is 0.00000425. The first-order valence-electron chi connectivity index (χ1n) is 17.2. The van der Waals surface area contributed by atoms with Crippen LogP contribution in [0.2, 0.25) is 10.0 Å². The van der Waals surface area contributed by atoms with E-state index >= 15 is 0 Å². The zero-order chi connectivity index (χ0) is 36.7. The van der Waals surface area contributed by atoms with Crippen molar-refractivity contribution in [3.63, 3.8) is 0 Å². The molecular formula is C35H55Cl3N6O5S. The van der Waals surface area contributed by atoms with Crippen LogP contribution in [0.4, 0.5) is 4.79 Å². The summed E-state index contributed by atoms with van der Waals surface area (Å²) in [6.07, 6.45) is 3.46. The number of ether oxygens (including phenoxy) is 2. The van der Waals surface area contributed by atoms with Crippen LogP contribution in [0.5, 0.6) is 0 Å². The zero-order valence-corrected chi connectivity index (χ0v) is 32.9. The van der Waals surface area contributed by atoms with Gasteiger partial charge >= 0.3 is 6.03 Å². The van der Waals surface area contributed by atoms with Crippen LogP contribution >= 0.6 is 34.8 Å². The molecular weight excluding hydrogens is 723 g/mol. The summed E-state index contributed by atoms with van der Waals surface area (Å²) < 4.78 is 27.1. The standard InChI is InChI=1S/C34H52Cl2N6O5S.CH3Cl/c1-4-15-42(5-2)16-12-39-34(44)38-11-7-10-33(43)37-13-17-46-19-20-47-18-14-40-48(45)28-9-6-8-26(21-28)30-24-41(3)25-31-29(30)22-27(35)23-32(31)36;1-2/h6,8-9,21-23,30,40H,4-5,7,10-20,24-25H2,1-3H3,(H,37,43)(H2,38,39,44);1H3. The van der Waals surface area contributed by atoms with Crippen LogP contribution in [0.1, 0.15) is 55.7 Å². The quantitative estimate of drug-likeness (QED) is 0.0981. The minimum Gasteiger partial charge on any atom is -0.378 e. The van der Waals surface area contributed by atoms with Gasteiger partial charge in [0.2, 0.25) is 5.91 Å². The number of nitrogens with zero attached hydrogens (tertiary/aromatic N) is 2. The number of halogens is 3. The Hall–Kier alpha value is -2.00. The van der Waals surface area contributed by atoms with Crippen molar-refractivity contribution in [2.45, 2.75) is 50.5 Å². The second kappa shape index (κ2) is 25.9. The number of alkyl halides is 1. The van der Waals surface area contributed by atoms with E-state index in [2.05, 4.69) is 69.0 Å². The van der Waals surface area contributed by atoms with E-state index in [1.54, 1.807) is 6.07 Å². The molecule has 2 aromatic rings. The summed E-state index contributed by atoms with van der Waals surface area (Å²) in [7, 11) is 0.673. The molecule has 0 bridgehead atoms. The molecule has 2 aromatic carbocycles. The van der Waals surface area contributed by atoms with Gasteiger partial charge in [0, 0.05) is 74.6 Å². The fourth-order valence-corrected chi connectivity index (χ4v) is 6.97. The lowest BCUT2D eigenvalue weighted by Crippen LogP contribution is -2.41. The highest BCUT2D eigenvalue weighted by Crippen LogP contribution is 2.38. The van der Waals surface area contributed by atoms with E-state index in [1.807, 2.05) is 24.3 Å². The fraction of sp³-hybridized carbons (Fsp3) is 0.600. The maximum Gasteiger partial charge on any atom is 0.314 e. The number of nitrogens with one attached hydrogen (secondary N) is 4. The second-order valence-corrected chi connectivity index (χ2v) is 13.9. The van der Waals surface area contributed by atoms with Crippen molar-refractivity contribution in [1.82, 2.24) is 30.5 Å². The largest absolute Gasteiger partial charge is 0.378 e. The lowest BCUT2D eigenvalue weighted by atomic mass is 9.85. The van der Waals surface area contributed by atoms with Crippen molar-refractivity contribution < 1.29 is 23.3 Å². The smallest absolute Gasteiger partial charge is 0.314 e. The van der Waals surface area contributed by atoms with E-state index in [1.165, 1.54) is 6.38 Å². The molecule has 11 nitrogen and oxygen atoms in total. The molecule has 0 aliphatic carbocycles. The maximum atomic E-state index is 13.0. The van der Waals surface area contributed by atoms with Crippen molar-refractivity contribution in [2.24, 2.45) is 0 Å². The van der Waals surface area contributed by atoms with Gasteiger partial charge in [-0.3, -0.25) is 4.79 Å². The molecule has 2 unspecified atom stereocenters. The van der Waals surface area contributed by atoms with Crippen molar-refractivity contribution >= 4 is 57.7 Å². The molecule has 0 saturated heterocycles. The lowest BCUT2D eigenvalue weighted by Gasteiger charge is -2.33. The van der Waals surface area contributed by atoms with Crippen molar-refractivity contribution in [1.29, 1.82) is 0 Å². The predicted octanol–water partition coefficient (Wildman–Crippen LogP) is 5.00. The molecule has 0 spiro atoms. The van der Waals surface area contributed by atoms with Crippen LogP contribution in [0.25, 0.3) is 0 Å². The number of urea groups is 1. The molecule has 2 atom stereocenters. The predicted molar refractivity (Wildman–Crippen MR) is 205 cm³/mol. The third-order valence-corrected chi connectivity index (χ3v) is 9.66. The summed E-state index contributed by atoms with van der Waals surface area (Å²) in [5.41, 5.74) is 3.25. The van der Waals surface area contributed by atoms with Crippen molar-refractivity contribution in [2.75, 3.05) is 92.2 Å². The average Bonchev–Trinajstić information content (AvgIpc) is 3.11. The number of rotatable bonds is 22. The lowest BCUT2D eigenvalue weighted by molar-refractivity contribution is -0.121. The van der Waals surface area contributed by atoms with Gasteiger partial charge in [0.25, 0.3) is 0 Å². The number of amides is 3. The first-order valence-corrected chi connectivity index (χ1v) is 19.8. The number of likely N-dealkylation sites (N-methyl/N-ethyl adjacent to an activating group) is 2. The third kappa shape index (κ3) is 16.6. The van der Waals surface area contributed by atoms with Gasteiger partial charge in [-0.05, 0) is 73.9 Å². The summed E-state index contributed by atoms with van der Waals surface area (Å²) in [5.74, 6) is -0.00694. The van der Waals surface area contributed by atoms with E-state index in [4.69, 9.17) is 32.7 Å². The summed E-state index contributed by atoms with van der Waals surface area (Å²) in [6, 6.07) is 11.4. The summed E-state index contributed by atoms with van der Waals surface area (Å²) >= 11 is 17.5. The van der Waals surface area contributed by atoms with Crippen LogP contribution in [0.15, 0.2) is 41.3 Å². The third-order valence-electron chi connectivity index (χ3n) is 7.95. The van der Waals surface area contributed by atoms with Crippen LogP contribution in [0.3, 0.4) is 0 Å². The molecule has 15 heteroatoms. The Kier molecular flexibility index (Phi) is 22.9. The van der Waals surface area contributed by atoms with Crippen LogP contribution in [-0.2, 0) is 31.8 Å². The molecule has 0 aromatic heterocycles. The number of hydrogen-bond donors (Lipinski definition) is 4. The molecule has 0 saturated carbocycles. The Morgan fingerprint density at radius 1 is 0.940 bits per heavy atom. The van der Waals surface area contributed by atoms with Gasteiger partial charge in [-0.1, -0.05) is 49.2 Å². The molecule has 50 heavy (non-hydrogen) atoms. The van der Waals surface area contributed by atoms with E-state index in [0.29, 0.717) is 80.4 Å². The van der Waals surface area contributed by atoms with Gasteiger partial charge in [0.15, 0.2) is 0 Å². The van der Waals surface area contributed by atoms with E-state index < -0.39 is 11.0 Å². The number of hydrogen-bond acceptors (Lipinski definition) is 7. The summed E-state index contributed by atoms with van der Waals surface area (Å²) in [5, 5.41) is 9.73. The molecule has 0 fully saturated rings. The molecule has 1 aliphatic heterocycles. The monoisotopic (exact) mass is 776 g/mol. The average molecular weight is 778 g/mol. The van der Waals surface area contributed by atoms with E-state index in [0.717, 1.165) is 55.8 Å². The van der Waals surface area contributed by atoms with Crippen molar-refractivity contribution in [3.8, 4) is 0 Å². The minimum absolute atomic E-state index is 0.0722. The van der Waals surface area contributed by atoms with Gasteiger partial charge in [-0.2, -0.15) is 0 Å². The molecule has 1 aliphatic rings. The topological polar surface area (TPSA) is 124 Å². The van der Waals surface area contributed by atoms with Crippen molar-refractivity contribution in [3.05, 3.63) is 63.1 Å². The zero-order valence-electron chi connectivity index (χ0n) is 29.8. The van der Waals surface area contributed by atoms with Gasteiger partial charge in [-0.15, -0.1) is 11.6 Å². The van der Waals surface area contributed by atoms with Crippen LogP contribution < -0.4 is 20.7 Å². The van der Waals surface area contributed by atoms with Gasteiger partial charge in [0.1, 0.15) is 11.0 Å². The summed E-state index contributed by atoms with van der Waals surface area (Å²) in [6.45, 7) is 12.0. The number of carbonyl (C=O) groups excluding carboxylic acids is 2. The molecule has 4 N–H and O–H groups in total. The molecule has 1 heterocycles. The Morgan fingerprint density at radius 2 is 1.66 bits per heavy atom. The normalized spacial score (nSPS) is 14.8. The Labute approximate surface area is 316 Å². The maximum absolute atomic E-state index is 13.0. The SMILES string of the molecule is CCCN(CC)CCNC(=O)NCCCC(=O)NCCOCCOCCNS(=O)c1cccc(C2CN(C)Cc3c(Cl)cc(Cl)cc32)c1.CCl. The number of fused-ring (bicyclic) bond motifs is 1. The highest BCUT2D eigenvalue weighted by molar-refractivity contribution is 7.83. The van der Waals surface area contributed by atoms with Crippen LogP contribution in [0, 0.1) is 0 Å². The van der Waals surface area contributed by atoms with Gasteiger partial charge in [0.05, 0.1) is 31.3 Å². The molecule has 3 amide bonds. The number of carbonyl (C=O) groups is 2. The molecule has 282 valence electrons. The first-order chi connectivity index (χ1) is 24.2. The first kappa shape index (κ1) is 44.2. The fourth-order valence-electron chi connectivity index (χ4n) is 5.53. The second-order valence-electron chi connectivity index (χ2n) is 11.7. The molecule has 3 rings (SSSR count). The highest BCUT2D eigenvalue weighted by atomic mass is 35.5. The Bertz CT molecular complexity index is 1330. The van der Waals surface area contributed by atoms with Gasteiger partial charge < -0.3 is 35.2 Å². The molecule has 0 radical (unpaired) electrons. The van der Waals surface area contributed by atoms with Crippen LogP contribution in [-0.4, -0.2) is 118 Å². The minimum atomic E-state index is -1.39. The van der Waals surface area contributed by atoms with Gasteiger partial charge in [-0.25, -0.2) is 13.7 Å². The summed E-state index contributed by atoms with van der Waals surface area (Å²) in [4.78, 5) is 29.1. The number of benzene rings is 2. The van der Waals surface area contributed by atoms with E-state index in [9.17, 15) is 13.8 Å².